The molecule has 6 aliphatic rings. The quantitative estimate of drug-likeness (QED) is 0.0696. The summed E-state index contributed by atoms with van der Waals surface area (Å²) in [4.78, 5) is 3.33. The number of hydrogen-bond acceptors (Lipinski definition) is 8. The summed E-state index contributed by atoms with van der Waals surface area (Å²) in [7, 11) is 0. The smallest absolute Gasteiger partial charge is 0.478 e. The molecule has 2 aliphatic carbocycles. The SMILES string of the molecule is Fc1c(F)c(F)c(N2[CH-]N3C(=N2)COC2Cc4ccccc4C23)c(F)c1F.Fc1c(F)c(F)c(N2[CH-]N3C(=N2)COC2Cc4ccccc4C23)c(F)c1F.[Ag+]. The summed E-state index contributed by atoms with van der Waals surface area (Å²) < 4.78 is 149. The number of hydrogen-bond donors (Lipinski definition) is 0. The number of rotatable bonds is 2. The molecule has 4 aromatic rings. The number of nitrogens with zero attached hydrogens (tertiary/aromatic N) is 6. The number of halogens is 10. The molecule has 55 heavy (non-hydrogen) atoms. The number of fused-ring (bicyclic) bond motifs is 10. The van der Waals surface area contributed by atoms with E-state index < -0.39 is 69.5 Å². The molecule has 0 radical (unpaired) electrons. The van der Waals surface area contributed by atoms with Crippen molar-refractivity contribution in [1.82, 2.24) is 9.80 Å². The van der Waals surface area contributed by atoms with Crippen LogP contribution in [0, 0.1) is 71.5 Å². The van der Waals surface area contributed by atoms with Crippen LogP contribution in [0.1, 0.15) is 34.3 Å². The van der Waals surface area contributed by atoms with E-state index in [2.05, 4.69) is 10.2 Å². The van der Waals surface area contributed by atoms with Crippen LogP contribution in [0.25, 0.3) is 0 Å². The maximum absolute atomic E-state index is 14.1. The Balaban J connectivity index is 0.000000153. The Morgan fingerprint density at radius 1 is 0.491 bits per heavy atom. The number of ether oxygens (including phenoxy) is 2. The van der Waals surface area contributed by atoms with E-state index in [0.717, 1.165) is 22.3 Å². The average molecular weight is 868 g/mol. The minimum atomic E-state index is -2.20. The van der Waals surface area contributed by atoms with Crippen LogP contribution in [0.4, 0.5) is 55.3 Å². The third-order valence-electron chi connectivity index (χ3n) is 10.1. The summed E-state index contributed by atoms with van der Waals surface area (Å²) in [5.74, 6) is -19.5. The van der Waals surface area contributed by atoms with E-state index in [1.165, 1.54) is 13.3 Å². The van der Waals surface area contributed by atoms with Crippen molar-refractivity contribution >= 4 is 23.0 Å². The minimum absolute atomic E-state index is 0. The van der Waals surface area contributed by atoms with Crippen molar-refractivity contribution in [3.05, 3.63) is 142 Å². The van der Waals surface area contributed by atoms with Crippen molar-refractivity contribution < 1.29 is 75.8 Å². The average Bonchev–Trinajstić information content (AvgIpc) is 3.97. The number of hydrazone groups is 2. The minimum Gasteiger partial charge on any atom is -0.478 e. The molecule has 4 atom stereocenters. The van der Waals surface area contributed by atoms with Crippen molar-refractivity contribution in [1.29, 1.82) is 0 Å². The fourth-order valence-corrected chi connectivity index (χ4v) is 7.64. The molecule has 10 rings (SSSR count). The van der Waals surface area contributed by atoms with E-state index in [9.17, 15) is 43.9 Å². The fraction of sp³-hybridized carbons (Fsp3) is 0.222. The first-order chi connectivity index (χ1) is 25.9. The van der Waals surface area contributed by atoms with Gasteiger partial charge in [-0.25, -0.2) is 43.9 Å². The van der Waals surface area contributed by atoms with Gasteiger partial charge in [0.1, 0.15) is 36.3 Å². The van der Waals surface area contributed by atoms with E-state index in [1.54, 1.807) is 9.80 Å². The largest absolute Gasteiger partial charge is 1.00 e. The first-order valence-corrected chi connectivity index (χ1v) is 16.4. The Labute approximate surface area is 320 Å². The van der Waals surface area contributed by atoms with Gasteiger partial charge in [-0.15, -0.1) is 13.3 Å². The van der Waals surface area contributed by atoms with Gasteiger partial charge in [-0.1, -0.05) is 48.5 Å². The van der Waals surface area contributed by atoms with Gasteiger partial charge in [-0.2, -0.15) is 10.2 Å². The predicted octanol–water partition coefficient (Wildman–Crippen LogP) is 7.26. The van der Waals surface area contributed by atoms with E-state index in [-0.39, 0.29) is 59.9 Å². The third kappa shape index (κ3) is 5.71. The molecule has 2 fully saturated rings. The third-order valence-corrected chi connectivity index (χ3v) is 10.1. The second-order valence-electron chi connectivity index (χ2n) is 13.0. The van der Waals surface area contributed by atoms with E-state index >= 15 is 0 Å². The molecule has 0 amide bonds. The fourth-order valence-electron chi connectivity index (χ4n) is 7.64. The second-order valence-corrected chi connectivity index (χ2v) is 13.0. The van der Waals surface area contributed by atoms with Gasteiger partial charge in [0.05, 0.1) is 24.3 Å². The number of benzene rings is 4. The molecule has 4 unspecified atom stereocenters. The molecular formula is C36H22AgF10N6O2-. The number of amidine groups is 2. The Kier molecular flexibility index (Phi) is 9.39. The second kappa shape index (κ2) is 13.8. The molecule has 4 heterocycles. The van der Waals surface area contributed by atoms with Crippen molar-refractivity contribution in [3.8, 4) is 0 Å². The van der Waals surface area contributed by atoms with Crippen LogP contribution in [0.5, 0.6) is 0 Å². The molecule has 4 aliphatic heterocycles. The van der Waals surface area contributed by atoms with Gasteiger partial charge in [-0.3, -0.25) is 0 Å². The zero-order valence-electron chi connectivity index (χ0n) is 27.5. The van der Waals surface area contributed by atoms with Gasteiger partial charge in [-0.05, 0) is 22.3 Å². The van der Waals surface area contributed by atoms with Crippen LogP contribution < -0.4 is 10.0 Å². The Morgan fingerprint density at radius 2 is 0.818 bits per heavy atom. The van der Waals surface area contributed by atoms with Crippen LogP contribution in [0.15, 0.2) is 58.7 Å². The normalized spacial score (nSPS) is 22.8. The molecule has 0 N–H and O–H groups in total. The van der Waals surface area contributed by atoms with Gasteiger partial charge in [0.25, 0.3) is 0 Å². The maximum atomic E-state index is 14.1. The standard InChI is InChI=1S/2C18H11F5N3O.Ag/c2*19-12-13(20)15(22)18(16(23)14(12)21)26-7-25-11(24-26)6-27-10-5-8-3-1-2-4-9(8)17(10)25;/h2*1-4,7,10,17H,5-6H2;/q2*-1;+1. The predicted molar refractivity (Wildman–Crippen MR) is 170 cm³/mol. The summed E-state index contributed by atoms with van der Waals surface area (Å²) in [6, 6.07) is 14.7. The number of anilines is 2. The first-order valence-electron chi connectivity index (χ1n) is 16.4. The molecule has 0 aromatic heterocycles. The molecular weight excluding hydrogens is 846 g/mol. The summed E-state index contributed by atoms with van der Waals surface area (Å²) in [5.41, 5.74) is 1.89. The zero-order chi connectivity index (χ0) is 37.7. The van der Waals surface area contributed by atoms with Gasteiger partial charge in [0.2, 0.25) is 11.6 Å². The molecule has 0 saturated carbocycles. The van der Waals surface area contributed by atoms with E-state index in [1.807, 2.05) is 48.5 Å². The molecule has 4 aromatic carbocycles. The maximum Gasteiger partial charge on any atom is 1.00 e. The molecule has 0 spiro atoms. The van der Waals surface area contributed by atoms with Crippen molar-refractivity contribution in [2.75, 3.05) is 23.2 Å². The summed E-state index contributed by atoms with van der Waals surface area (Å²) in [6.45, 7) is 2.63. The van der Waals surface area contributed by atoms with Crippen LogP contribution in [0.2, 0.25) is 0 Å². The van der Waals surface area contributed by atoms with Crippen molar-refractivity contribution in [2.24, 2.45) is 10.2 Å². The molecule has 290 valence electrons. The summed E-state index contributed by atoms with van der Waals surface area (Å²) in [5, 5.41) is 9.37. The van der Waals surface area contributed by atoms with Crippen molar-refractivity contribution in [2.45, 2.75) is 37.1 Å². The van der Waals surface area contributed by atoms with Gasteiger partial charge in [0.15, 0.2) is 46.5 Å². The van der Waals surface area contributed by atoms with E-state index in [0.29, 0.717) is 34.5 Å². The molecule has 0 bridgehead atoms. The Morgan fingerprint density at radius 3 is 1.18 bits per heavy atom. The zero-order valence-corrected chi connectivity index (χ0v) is 29.0. The van der Waals surface area contributed by atoms with Gasteiger partial charge < -0.3 is 29.3 Å². The van der Waals surface area contributed by atoms with Crippen LogP contribution in [-0.2, 0) is 44.7 Å². The number of morpholine rings is 2. The molecule has 19 heteroatoms. The topological polar surface area (TPSA) is 56.1 Å². The van der Waals surface area contributed by atoms with Crippen LogP contribution in [0.3, 0.4) is 0 Å². The van der Waals surface area contributed by atoms with Crippen LogP contribution in [-0.4, -0.2) is 46.9 Å². The first kappa shape index (κ1) is 37.3. The Hall–Kier alpha value is -4.62. The monoisotopic (exact) mass is 867 g/mol. The van der Waals surface area contributed by atoms with Crippen LogP contribution >= 0.6 is 0 Å². The van der Waals surface area contributed by atoms with E-state index in [4.69, 9.17) is 9.47 Å². The molecule has 2 saturated heterocycles. The molecule has 8 nitrogen and oxygen atoms in total. The summed E-state index contributed by atoms with van der Waals surface area (Å²) >= 11 is 0. The summed E-state index contributed by atoms with van der Waals surface area (Å²) in [6.07, 6.45) is 0.963. The Bertz CT molecular complexity index is 2100. The van der Waals surface area contributed by atoms with Gasteiger partial charge >= 0.3 is 22.4 Å². The van der Waals surface area contributed by atoms with Gasteiger partial charge in [0, 0.05) is 12.8 Å². The van der Waals surface area contributed by atoms with Crippen molar-refractivity contribution in [3.63, 3.8) is 0 Å².